The predicted octanol–water partition coefficient (Wildman–Crippen LogP) is 0.332. The van der Waals surface area contributed by atoms with E-state index in [9.17, 15) is 13.6 Å². The highest BCUT2D eigenvalue weighted by Gasteiger charge is 2.34. The monoisotopic (exact) mass is 316 g/mol. The van der Waals surface area contributed by atoms with Gasteiger partial charge in [0.15, 0.2) is 5.82 Å². The van der Waals surface area contributed by atoms with Gasteiger partial charge in [0.1, 0.15) is 6.61 Å². The smallest absolute Gasteiger partial charge is 0.316 e. The lowest BCUT2D eigenvalue weighted by Crippen LogP contribution is -2.52. The molecule has 0 unspecified atom stereocenters. The Bertz CT molecular complexity index is 539. The first kappa shape index (κ1) is 15.3. The average Bonchev–Trinajstić information content (AvgIpc) is 3.24. The summed E-state index contributed by atoms with van der Waals surface area (Å²) in [5.74, 6) is -2.62. The van der Waals surface area contributed by atoms with Crippen LogP contribution in [0.3, 0.4) is 0 Å². The third kappa shape index (κ3) is 3.41. The molecule has 1 aliphatic heterocycles. The zero-order chi connectivity index (χ0) is 15.7. The van der Waals surface area contributed by atoms with Gasteiger partial charge < -0.3 is 14.5 Å². The van der Waals surface area contributed by atoms with Crippen molar-refractivity contribution < 1.29 is 23.2 Å². The van der Waals surface area contributed by atoms with Gasteiger partial charge in [0, 0.05) is 32.1 Å². The number of carbonyl (C=O) groups excluding carboxylic acids is 1. The molecule has 7 nitrogen and oxygen atoms in total. The molecule has 0 radical (unpaired) electrons. The van der Waals surface area contributed by atoms with Crippen LogP contribution in [-0.2, 0) is 0 Å². The van der Waals surface area contributed by atoms with Gasteiger partial charge in [0.25, 0.3) is 5.92 Å². The fourth-order valence-electron chi connectivity index (χ4n) is 2.45. The highest BCUT2D eigenvalue weighted by Crippen LogP contribution is 2.38. The Balaban J connectivity index is 1.53. The number of aliphatic hydroxyl groups excluding tert-OH is 1. The lowest BCUT2D eigenvalue weighted by Gasteiger charge is -2.35. The van der Waals surface area contributed by atoms with Gasteiger partial charge in [-0.15, -0.1) is 0 Å². The zero-order valence-electron chi connectivity index (χ0n) is 12.0. The highest BCUT2D eigenvalue weighted by atomic mass is 19.3. The number of rotatable bonds is 5. The van der Waals surface area contributed by atoms with Gasteiger partial charge >= 0.3 is 11.8 Å². The third-order valence-corrected chi connectivity index (χ3v) is 3.91. The molecule has 2 aliphatic rings. The summed E-state index contributed by atoms with van der Waals surface area (Å²) in [5, 5.41) is 12.4. The number of carbonyl (C=O) groups is 1. The Kier molecular flexibility index (Phi) is 4.09. The van der Waals surface area contributed by atoms with E-state index in [2.05, 4.69) is 10.1 Å². The summed E-state index contributed by atoms with van der Waals surface area (Å²) in [6, 6.07) is 0. The Morgan fingerprint density at radius 3 is 2.59 bits per heavy atom. The van der Waals surface area contributed by atoms with E-state index in [-0.39, 0.29) is 11.8 Å². The molecule has 0 atom stereocenters. The molecule has 1 aliphatic carbocycles. The van der Waals surface area contributed by atoms with E-state index in [0.717, 1.165) is 12.8 Å². The van der Waals surface area contributed by atoms with Crippen LogP contribution in [0.15, 0.2) is 4.52 Å². The molecule has 9 heteroatoms. The average molecular weight is 316 g/mol. The third-order valence-electron chi connectivity index (χ3n) is 3.91. The van der Waals surface area contributed by atoms with Crippen LogP contribution in [0.4, 0.5) is 8.78 Å². The number of piperazine rings is 1. The van der Waals surface area contributed by atoms with Crippen molar-refractivity contribution in [3.8, 4) is 0 Å². The van der Waals surface area contributed by atoms with Gasteiger partial charge in [-0.3, -0.25) is 9.69 Å². The van der Waals surface area contributed by atoms with Crippen molar-refractivity contribution in [1.82, 2.24) is 19.9 Å². The molecule has 1 N–H and O–H groups in total. The predicted molar refractivity (Wildman–Crippen MR) is 70.6 cm³/mol. The van der Waals surface area contributed by atoms with Gasteiger partial charge in [-0.25, -0.2) is 8.78 Å². The van der Waals surface area contributed by atoms with Crippen LogP contribution in [0.25, 0.3) is 0 Å². The zero-order valence-corrected chi connectivity index (χ0v) is 12.0. The van der Waals surface area contributed by atoms with Crippen LogP contribution >= 0.6 is 0 Å². The maximum atomic E-state index is 13.1. The Labute approximate surface area is 125 Å². The lowest BCUT2D eigenvalue weighted by molar-refractivity contribution is -0.0774. The molecule has 1 aromatic heterocycles. The number of aromatic nitrogens is 2. The number of aliphatic hydroxyl groups is 1. The molecular formula is C13H18F2N4O3. The van der Waals surface area contributed by atoms with Crippen molar-refractivity contribution in [2.24, 2.45) is 0 Å². The first-order valence-corrected chi connectivity index (χ1v) is 7.32. The van der Waals surface area contributed by atoms with E-state index >= 15 is 0 Å². The molecule has 0 spiro atoms. The van der Waals surface area contributed by atoms with E-state index in [0.29, 0.717) is 37.9 Å². The minimum Gasteiger partial charge on any atom is -0.390 e. The second-order valence-electron chi connectivity index (χ2n) is 5.81. The first-order chi connectivity index (χ1) is 10.5. The van der Waals surface area contributed by atoms with Crippen LogP contribution in [0.5, 0.6) is 0 Å². The molecule has 2 heterocycles. The highest BCUT2D eigenvalue weighted by molar-refractivity contribution is 5.89. The Morgan fingerprint density at radius 2 is 2.00 bits per heavy atom. The quantitative estimate of drug-likeness (QED) is 0.843. The van der Waals surface area contributed by atoms with E-state index in [1.165, 1.54) is 9.80 Å². The normalized spacial score (nSPS) is 20.4. The molecular weight excluding hydrogens is 298 g/mol. The largest absolute Gasteiger partial charge is 0.390 e. The molecule has 1 aromatic rings. The van der Waals surface area contributed by atoms with Crippen LogP contribution in [0.2, 0.25) is 0 Å². The van der Waals surface area contributed by atoms with E-state index in [4.69, 9.17) is 9.63 Å². The van der Waals surface area contributed by atoms with Crippen LogP contribution in [0.1, 0.15) is 35.3 Å². The van der Waals surface area contributed by atoms with Gasteiger partial charge in [0.05, 0.1) is 6.54 Å². The van der Waals surface area contributed by atoms with Crippen molar-refractivity contribution in [3.63, 3.8) is 0 Å². The molecule has 1 saturated heterocycles. The lowest BCUT2D eigenvalue weighted by atomic mass is 10.2. The summed E-state index contributed by atoms with van der Waals surface area (Å²) in [5.41, 5.74) is 0. The summed E-state index contributed by atoms with van der Waals surface area (Å²) >= 11 is 0. The maximum Gasteiger partial charge on any atom is 0.316 e. The fourth-order valence-corrected chi connectivity index (χ4v) is 2.45. The summed E-state index contributed by atoms with van der Waals surface area (Å²) in [6.07, 6.45) is 2.04. The molecule has 0 aromatic carbocycles. The molecule has 1 amide bonds. The summed E-state index contributed by atoms with van der Waals surface area (Å²) in [4.78, 5) is 19.4. The maximum absolute atomic E-state index is 13.1. The van der Waals surface area contributed by atoms with Gasteiger partial charge in [-0.2, -0.15) is 4.98 Å². The molecule has 2 fully saturated rings. The Morgan fingerprint density at radius 1 is 1.32 bits per heavy atom. The van der Waals surface area contributed by atoms with E-state index < -0.39 is 19.1 Å². The van der Waals surface area contributed by atoms with Crippen molar-refractivity contribution >= 4 is 5.91 Å². The van der Waals surface area contributed by atoms with Crippen LogP contribution < -0.4 is 0 Å². The van der Waals surface area contributed by atoms with Crippen LogP contribution in [-0.4, -0.2) is 76.2 Å². The molecule has 0 bridgehead atoms. The number of hydrogen-bond acceptors (Lipinski definition) is 6. The standard InChI is InChI=1S/C13H18F2N4O3/c14-13(15,8-20)7-18-3-5-19(6-4-18)12(21)11-16-10(17-22-11)9-1-2-9/h9,20H,1-8H2. The van der Waals surface area contributed by atoms with Crippen molar-refractivity contribution in [3.05, 3.63) is 11.7 Å². The van der Waals surface area contributed by atoms with Gasteiger partial charge in [0.2, 0.25) is 0 Å². The van der Waals surface area contributed by atoms with Gasteiger partial charge in [-0.1, -0.05) is 5.16 Å². The number of hydrogen-bond donors (Lipinski definition) is 1. The number of halogens is 2. The minimum atomic E-state index is -3.11. The second-order valence-corrected chi connectivity index (χ2v) is 5.81. The van der Waals surface area contributed by atoms with Crippen molar-refractivity contribution in [2.45, 2.75) is 24.7 Å². The second kappa shape index (κ2) is 5.88. The van der Waals surface area contributed by atoms with Crippen LogP contribution in [0, 0.1) is 0 Å². The Hall–Kier alpha value is -1.61. The van der Waals surface area contributed by atoms with Crippen molar-refractivity contribution in [1.29, 1.82) is 0 Å². The van der Waals surface area contributed by atoms with E-state index in [1.807, 2.05) is 0 Å². The molecule has 3 rings (SSSR count). The number of alkyl halides is 2. The summed E-state index contributed by atoms with van der Waals surface area (Å²) in [6.45, 7) is -0.380. The SMILES string of the molecule is O=C(c1nc(C2CC2)no1)N1CCN(CC(F)(F)CO)CC1. The molecule has 1 saturated carbocycles. The fraction of sp³-hybridized carbons (Fsp3) is 0.769. The summed E-state index contributed by atoms with van der Waals surface area (Å²) in [7, 11) is 0. The van der Waals surface area contributed by atoms with E-state index in [1.54, 1.807) is 0 Å². The molecule has 122 valence electrons. The number of nitrogens with zero attached hydrogens (tertiary/aromatic N) is 4. The molecule has 22 heavy (non-hydrogen) atoms. The topological polar surface area (TPSA) is 82.7 Å². The first-order valence-electron chi connectivity index (χ1n) is 7.32. The number of amides is 1. The van der Waals surface area contributed by atoms with Crippen molar-refractivity contribution in [2.75, 3.05) is 39.3 Å². The summed E-state index contributed by atoms with van der Waals surface area (Å²) < 4.78 is 31.3. The van der Waals surface area contributed by atoms with Gasteiger partial charge in [-0.05, 0) is 12.8 Å². The minimum absolute atomic E-state index is 0.0314.